The molecule has 1 aromatic carbocycles. The molecule has 7 nitrogen and oxygen atoms in total. The number of carbonyl (C=O) groups is 2. The molecule has 2 amide bonds. The third-order valence-corrected chi connectivity index (χ3v) is 3.24. The molecule has 4 N–H and O–H groups in total. The van der Waals surface area contributed by atoms with Crippen molar-refractivity contribution < 1.29 is 19.1 Å². The van der Waals surface area contributed by atoms with Crippen molar-refractivity contribution in [3.05, 3.63) is 24.3 Å². The summed E-state index contributed by atoms with van der Waals surface area (Å²) in [7, 11) is 1.64. The molecule has 1 aromatic rings. The van der Waals surface area contributed by atoms with Crippen LogP contribution in [-0.4, -0.2) is 44.2 Å². The van der Waals surface area contributed by atoms with E-state index in [0.29, 0.717) is 24.4 Å². The molecule has 0 saturated carbocycles. The average molecular weight is 293 g/mol. The number of benzene rings is 1. The van der Waals surface area contributed by atoms with Gasteiger partial charge in [-0.1, -0.05) is 0 Å². The van der Waals surface area contributed by atoms with Crippen LogP contribution in [0.1, 0.15) is 6.42 Å². The van der Waals surface area contributed by atoms with E-state index in [1.807, 2.05) is 0 Å². The van der Waals surface area contributed by atoms with Crippen molar-refractivity contribution in [2.75, 3.05) is 25.6 Å². The Hall–Kier alpha value is -2.12. The predicted octanol–water partition coefficient (Wildman–Crippen LogP) is -0.134. The van der Waals surface area contributed by atoms with Crippen molar-refractivity contribution in [1.29, 1.82) is 0 Å². The number of rotatable bonds is 6. The highest BCUT2D eigenvalue weighted by molar-refractivity contribution is 5.95. The van der Waals surface area contributed by atoms with Crippen molar-refractivity contribution in [2.45, 2.75) is 18.6 Å². The van der Waals surface area contributed by atoms with E-state index in [1.165, 1.54) is 0 Å². The Bertz CT molecular complexity index is 503. The first kappa shape index (κ1) is 15.3. The fourth-order valence-corrected chi connectivity index (χ4v) is 2.10. The summed E-state index contributed by atoms with van der Waals surface area (Å²) in [5, 5.41) is 5.93. The van der Waals surface area contributed by atoms with Crippen LogP contribution in [0.15, 0.2) is 24.3 Å². The van der Waals surface area contributed by atoms with E-state index >= 15 is 0 Å². The number of hydrogen-bond donors (Lipinski definition) is 3. The minimum Gasteiger partial charge on any atom is -0.484 e. The number of hydrogen-bond acceptors (Lipinski definition) is 5. The quantitative estimate of drug-likeness (QED) is 0.678. The van der Waals surface area contributed by atoms with Gasteiger partial charge in [-0.05, 0) is 30.7 Å². The molecule has 114 valence electrons. The summed E-state index contributed by atoms with van der Waals surface area (Å²) in [5.74, 6) is -0.113. The number of primary amides is 1. The van der Waals surface area contributed by atoms with Gasteiger partial charge in [0, 0.05) is 19.3 Å². The highest BCUT2D eigenvalue weighted by Crippen LogP contribution is 2.17. The Labute approximate surface area is 122 Å². The van der Waals surface area contributed by atoms with E-state index in [4.69, 9.17) is 15.2 Å². The molecule has 2 atom stereocenters. The third kappa shape index (κ3) is 4.44. The van der Waals surface area contributed by atoms with Gasteiger partial charge >= 0.3 is 0 Å². The average Bonchev–Trinajstić information content (AvgIpc) is 2.95. The summed E-state index contributed by atoms with van der Waals surface area (Å²) >= 11 is 0. The SMILES string of the molecule is COC1CNC(C(=O)Nc2ccc(OCC(N)=O)cc2)C1. The van der Waals surface area contributed by atoms with Crippen molar-refractivity contribution in [2.24, 2.45) is 5.73 Å². The first-order chi connectivity index (χ1) is 10.1. The molecule has 1 aliphatic rings. The molecule has 1 heterocycles. The molecule has 7 heteroatoms. The molecule has 2 rings (SSSR count). The monoisotopic (exact) mass is 293 g/mol. The Balaban J connectivity index is 1.85. The standard InChI is InChI=1S/C14H19N3O4/c1-20-11-6-12(16-7-11)14(19)17-9-2-4-10(5-3-9)21-8-13(15)18/h2-5,11-12,16H,6-8H2,1H3,(H2,15,18)(H,17,19). The second kappa shape index (κ2) is 7.05. The maximum absolute atomic E-state index is 12.1. The van der Waals surface area contributed by atoms with E-state index in [-0.39, 0.29) is 24.7 Å². The fourth-order valence-electron chi connectivity index (χ4n) is 2.10. The zero-order valence-electron chi connectivity index (χ0n) is 11.8. The van der Waals surface area contributed by atoms with Crippen LogP contribution >= 0.6 is 0 Å². The lowest BCUT2D eigenvalue weighted by molar-refractivity contribution is -0.120. The highest BCUT2D eigenvalue weighted by atomic mass is 16.5. The van der Waals surface area contributed by atoms with Gasteiger partial charge in [0.2, 0.25) is 5.91 Å². The number of anilines is 1. The second-order valence-electron chi connectivity index (χ2n) is 4.82. The third-order valence-electron chi connectivity index (χ3n) is 3.24. The Morgan fingerprint density at radius 3 is 2.67 bits per heavy atom. The molecule has 1 fully saturated rings. The van der Waals surface area contributed by atoms with Gasteiger partial charge in [0.1, 0.15) is 5.75 Å². The lowest BCUT2D eigenvalue weighted by Gasteiger charge is -2.12. The van der Waals surface area contributed by atoms with Crippen molar-refractivity contribution in [1.82, 2.24) is 5.32 Å². The van der Waals surface area contributed by atoms with Crippen LogP contribution in [0.3, 0.4) is 0 Å². The maximum Gasteiger partial charge on any atom is 0.255 e. The second-order valence-corrected chi connectivity index (χ2v) is 4.82. The van der Waals surface area contributed by atoms with Gasteiger partial charge in [-0.3, -0.25) is 9.59 Å². The van der Waals surface area contributed by atoms with Crippen LogP contribution in [-0.2, 0) is 14.3 Å². The fraction of sp³-hybridized carbons (Fsp3) is 0.429. The first-order valence-electron chi connectivity index (χ1n) is 6.66. The van der Waals surface area contributed by atoms with Gasteiger partial charge in [0.05, 0.1) is 12.1 Å². The number of amides is 2. The number of carbonyl (C=O) groups excluding carboxylic acids is 2. The van der Waals surface area contributed by atoms with Gasteiger partial charge in [0.15, 0.2) is 6.61 Å². The largest absolute Gasteiger partial charge is 0.484 e. The minimum atomic E-state index is -0.535. The molecule has 21 heavy (non-hydrogen) atoms. The minimum absolute atomic E-state index is 0.0744. The zero-order chi connectivity index (χ0) is 15.2. The zero-order valence-corrected chi connectivity index (χ0v) is 11.8. The van der Waals surface area contributed by atoms with Gasteiger partial charge in [0.25, 0.3) is 5.91 Å². The lowest BCUT2D eigenvalue weighted by Crippen LogP contribution is -2.35. The van der Waals surface area contributed by atoms with Crippen LogP contribution < -0.4 is 21.1 Å². The van der Waals surface area contributed by atoms with Crippen LogP contribution in [0, 0.1) is 0 Å². The van der Waals surface area contributed by atoms with Crippen LogP contribution in [0.2, 0.25) is 0 Å². The van der Waals surface area contributed by atoms with Crippen molar-refractivity contribution in [3.8, 4) is 5.75 Å². The van der Waals surface area contributed by atoms with E-state index in [1.54, 1.807) is 31.4 Å². The van der Waals surface area contributed by atoms with Crippen LogP contribution in [0.5, 0.6) is 5.75 Å². The number of nitrogens with two attached hydrogens (primary N) is 1. The molecule has 0 spiro atoms. The number of nitrogens with one attached hydrogen (secondary N) is 2. The van der Waals surface area contributed by atoms with Gasteiger partial charge in [-0.15, -0.1) is 0 Å². The molecular formula is C14H19N3O4. The summed E-state index contributed by atoms with van der Waals surface area (Å²) in [6.07, 6.45) is 0.729. The normalized spacial score (nSPS) is 21.0. The molecule has 0 aromatic heterocycles. The summed E-state index contributed by atoms with van der Waals surface area (Å²) in [4.78, 5) is 22.7. The maximum atomic E-state index is 12.1. The Morgan fingerprint density at radius 2 is 2.10 bits per heavy atom. The van der Waals surface area contributed by atoms with Crippen LogP contribution in [0.4, 0.5) is 5.69 Å². The topological polar surface area (TPSA) is 103 Å². The van der Waals surface area contributed by atoms with Gasteiger partial charge in [-0.2, -0.15) is 0 Å². The van der Waals surface area contributed by atoms with Crippen molar-refractivity contribution >= 4 is 17.5 Å². The van der Waals surface area contributed by atoms with E-state index in [2.05, 4.69) is 10.6 Å². The summed E-state index contributed by atoms with van der Waals surface area (Å²) < 4.78 is 10.3. The van der Waals surface area contributed by atoms with Gasteiger partial charge in [-0.25, -0.2) is 0 Å². The lowest BCUT2D eigenvalue weighted by atomic mass is 10.2. The van der Waals surface area contributed by atoms with E-state index < -0.39 is 5.91 Å². The first-order valence-corrected chi connectivity index (χ1v) is 6.66. The Kier molecular flexibility index (Phi) is 5.13. The predicted molar refractivity (Wildman–Crippen MR) is 77.0 cm³/mol. The number of ether oxygens (including phenoxy) is 2. The summed E-state index contributed by atoms with van der Waals surface area (Å²) in [6, 6.07) is 6.49. The van der Waals surface area contributed by atoms with Gasteiger partial charge < -0.3 is 25.8 Å². The van der Waals surface area contributed by atoms with Crippen molar-refractivity contribution in [3.63, 3.8) is 0 Å². The summed E-state index contributed by atoms with van der Waals surface area (Å²) in [5.41, 5.74) is 5.65. The van der Waals surface area contributed by atoms with E-state index in [0.717, 1.165) is 0 Å². The van der Waals surface area contributed by atoms with Crippen LogP contribution in [0.25, 0.3) is 0 Å². The smallest absolute Gasteiger partial charge is 0.255 e. The molecule has 1 aliphatic heterocycles. The molecule has 1 saturated heterocycles. The molecule has 2 unspecified atom stereocenters. The van der Waals surface area contributed by atoms with E-state index in [9.17, 15) is 9.59 Å². The molecule has 0 aliphatic carbocycles. The summed E-state index contributed by atoms with van der Waals surface area (Å²) in [6.45, 7) is 0.505. The molecule has 0 bridgehead atoms. The highest BCUT2D eigenvalue weighted by Gasteiger charge is 2.29. The Morgan fingerprint density at radius 1 is 1.38 bits per heavy atom. The molecule has 0 radical (unpaired) electrons. The number of methoxy groups -OCH3 is 1. The molecular weight excluding hydrogens is 274 g/mol.